The molecule has 0 N–H and O–H groups in total. The van der Waals surface area contributed by atoms with E-state index in [0.717, 1.165) is 12.8 Å². The number of halogens is 1. The standard InChI is InChI=1S/C14H23FO2/c1-13(2,3)11-10-6-5-9(7-14(10,4)15)12(11)17-8-16/h8-12H,5-7H2,1-4H3. The highest BCUT2D eigenvalue weighted by molar-refractivity contribution is 5.38. The van der Waals surface area contributed by atoms with Crippen molar-refractivity contribution in [3.8, 4) is 0 Å². The average molecular weight is 242 g/mol. The molecule has 3 rings (SSSR count). The Morgan fingerprint density at radius 1 is 1.35 bits per heavy atom. The van der Waals surface area contributed by atoms with E-state index < -0.39 is 5.67 Å². The van der Waals surface area contributed by atoms with Crippen molar-refractivity contribution >= 4 is 6.47 Å². The van der Waals surface area contributed by atoms with Crippen molar-refractivity contribution in [3.05, 3.63) is 0 Å². The van der Waals surface area contributed by atoms with Crippen LogP contribution in [0.2, 0.25) is 0 Å². The molecule has 0 spiro atoms. The predicted molar refractivity (Wildman–Crippen MR) is 64.2 cm³/mol. The van der Waals surface area contributed by atoms with E-state index in [1.807, 2.05) is 0 Å². The zero-order valence-corrected chi connectivity index (χ0v) is 11.2. The quantitative estimate of drug-likeness (QED) is 0.694. The average Bonchev–Trinajstić information content (AvgIpc) is 2.16. The summed E-state index contributed by atoms with van der Waals surface area (Å²) < 4.78 is 19.9. The van der Waals surface area contributed by atoms with Gasteiger partial charge in [0.15, 0.2) is 0 Å². The number of carbonyl (C=O) groups is 1. The fourth-order valence-corrected chi connectivity index (χ4v) is 4.17. The Balaban J connectivity index is 2.33. The van der Waals surface area contributed by atoms with E-state index in [0.29, 0.717) is 12.9 Å². The van der Waals surface area contributed by atoms with E-state index in [2.05, 4.69) is 20.8 Å². The van der Waals surface area contributed by atoms with Gasteiger partial charge in [-0.15, -0.1) is 0 Å². The molecular formula is C14H23FO2. The van der Waals surface area contributed by atoms with Gasteiger partial charge in [0.1, 0.15) is 11.8 Å². The Bertz CT molecular complexity index is 306. The van der Waals surface area contributed by atoms with Crippen LogP contribution in [-0.4, -0.2) is 18.2 Å². The van der Waals surface area contributed by atoms with Crippen LogP contribution in [0, 0.1) is 23.2 Å². The summed E-state index contributed by atoms with van der Waals surface area (Å²) in [5.74, 6) is 0.358. The van der Waals surface area contributed by atoms with Crippen LogP contribution in [0.25, 0.3) is 0 Å². The molecule has 0 radical (unpaired) electrons. The Hall–Kier alpha value is -0.600. The second-order valence-electron chi connectivity index (χ2n) is 7.01. The second-order valence-corrected chi connectivity index (χ2v) is 7.01. The third kappa shape index (κ3) is 2.09. The molecule has 2 bridgehead atoms. The highest BCUT2D eigenvalue weighted by Gasteiger charge is 2.58. The number of hydrogen-bond donors (Lipinski definition) is 0. The summed E-state index contributed by atoms with van der Waals surface area (Å²) in [6.45, 7) is 8.63. The lowest BCUT2D eigenvalue weighted by Crippen LogP contribution is -2.59. The largest absolute Gasteiger partial charge is 0.464 e. The molecule has 0 amide bonds. The predicted octanol–water partition coefficient (Wildman–Crippen LogP) is 3.35. The fourth-order valence-electron chi connectivity index (χ4n) is 4.17. The number of rotatable bonds is 2. The molecule has 5 atom stereocenters. The van der Waals surface area contributed by atoms with E-state index >= 15 is 0 Å². The molecule has 3 saturated carbocycles. The molecule has 2 nitrogen and oxygen atoms in total. The minimum Gasteiger partial charge on any atom is -0.464 e. The summed E-state index contributed by atoms with van der Waals surface area (Å²) in [5.41, 5.74) is -1.12. The first-order chi connectivity index (χ1) is 7.77. The van der Waals surface area contributed by atoms with Gasteiger partial charge in [-0.05, 0) is 43.4 Å². The van der Waals surface area contributed by atoms with Gasteiger partial charge in [0.05, 0.1) is 0 Å². The Labute approximate surface area is 103 Å². The van der Waals surface area contributed by atoms with Crippen molar-refractivity contribution in [2.45, 2.75) is 58.7 Å². The summed E-state index contributed by atoms with van der Waals surface area (Å²) in [5, 5.41) is 0. The van der Waals surface area contributed by atoms with Gasteiger partial charge in [-0.3, -0.25) is 4.79 Å². The van der Waals surface area contributed by atoms with Crippen molar-refractivity contribution in [2.24, 2.45) is 23.2 Å². The first kappa shape index (κ1) is 12.8. The first-order valence-corrected chi connectivity index (χ1v) is 6.55. The molecule has 0 heterocycles. The summed E-state index contributed by atoms with van der Waals surface area (Å²) >= 11 is 0. The Morgan fingerprint density at radius 3 is 2.47 bits per heavy atom. The minimum atomic E-state index is -1.09. The van der Waals surface area contributed by atoms with E-state index in [-0.39, 0.29) is 29.3 Å². The van der Waals surface area contributed by atoms with Crippen LogP contribution in [0.3, 0.4) is 0 Å². The Kier molecular flexibility index (Phi) is 2.99. The summed E-state index contributed by atoms with van der Waals surface area (Å²) in [4.78, 5) is 10.7. The van der Waals surface area contributed by atoms with Gasteiger partial charge in [-0.1, -0.05) is 20.8 Å². The summed E-state index contributed by atoms with van der Waals surface area (Å²) in [6, 6.07) is 0. The van der Waals surface area contributed by atoms with E-state index in [1.54, 1.807) is 6.92 Å². The van der Waals surface area contributed by atoms with Crippen LogP contribution >= 0.6 is 0 Å². The third-order valence-electron chi connectivity index (χ3n) is 4.75. The molecule has 0 aromatic rings. The molecule has 5 unspecified atom stereocenters. The van der Waals surface area contributed by atoms with Crippen molar-refractivity contribution < 1.29 is 13.9 Å². The molecule has 3 fully saturated rings. The molecule has 0 aromatic heterocycles. The molecule has 17 heavy (non-hydrogen) atoms. The van der Waals surface area contributed by atoms with Crippen molar-refractivity contribution in [1.82, 2.24) is 0 Å². The van der Waals surface area contributed by atoms with Crippen LogP contribution in [0.15, 0.2) is 0 Å². The number of hydrogen-bond acceptors (Lipinski definition) is 2. The van der Waals surface area contributed by atoms with Crippen LogP contribution < -0.4 is 0 Å². The smallest absolute Gasteiger partial charge is 0.293 e. The van der Waals surface area contributed by atoms with Gasteiger partial charge in [0, 0.05) is 5.92 Å². The molecule has 0 aromatic carbocycles. The zero-order valence-electron chi connectivity index (χ0n) is 11.2. The molecule has 0 saturated heterocycles. The molecule has 3 aliphatic rings. The van der Waals surface area contributed by atoms with Gasteiger partial charge in [-0.25, -0.2) is 4.39 Å². The van der Waals surface area contributed by atoms with Gasteiger partial charge in [0.25, 0.3) is 6.47 Å². The Morgan fingerprint density at radius 2 is 2.00 bits per heavy atom. The lowest BCUT2D eigenvalue weighted by Gasteiger charge is -2.57. The van der Waals surface area contributed by atoms with Gasteiger partial charge < -0.3 is 4.74 Å². The SMILES string of the molecule is CC(C)(C)C1C(OC=O)C2CCC1C(C)(F)C2. The minimum absolute atomic E-state index is 0.0230. The van der Waals surface area contributed by atoms with Crippen LogP contribution in [-0.2, 0) is 9.53 Å². The van der Waals surface area contributed by atoms with Gasteiger partial charge in [-0.2, -0.15) is 0 Å². The highest BCUT2D eigenvalue weighted by atomic mass is 19.1. The number of ether oxygens (including phenoxy) is 1. The van der Waals surface area contributed by atoms with E-state index in [9.17, 15) is 9.18 Å². The van der Waals surface area contributed by atoms with Crippen LogP contribution in [0.4, 0.5) is 4.39 Å². The van der Waals surface area contributed by atoms with Crippen LogP contribution in [0.1, 0.15) is 47.0 Å². The summed E-state index contributed by atoms with van der Waals surface area (Å²) in [7, 11) is 0. The lowest BCUT2D eigenvalue weighted by atomic mass is 9.51. The highest BCUT2D eigenvalue weighted by Crippen LogP contribution is 2.57. The zero-order chi connectivity index (χ0) is 12.8. The molecule has 0 aliphatic heterocycles. The maximum atomic E-state index is 14.6. The number of fused-ring (bicyclic) bond motifs is 3. The van der Waals surface area contributed by atoms with Crippen molar-refractivity contribution in [2.75, 3.05) is 0 Å². The van der Waals surface area contributed by atoms with Crippen molar-refractivity contribution in [1.29, 1.82) is 0 Å². The molecular weight excluding hydrogens is 219 g/mol. The van der Waals surface area contributed by atoms with Crippen molar-refractivity contribution in [3.63, 3.8) is 0 Å². The molecule has 98 valence electrons. The molecule has 3 heteroatoms. The normalized spacial score (nSPS) is 45.7. The number of carbonyl (C=O) groups excluding carboxylic acids is 1. The maximum Gasteiger partial charge on any atom is 0.293 e. The van der Waals surface area contributed by atoms with Gasteiger partial charge >= 0.3 is 0 Å². The fraction of sp³-hybridized carbons (Fsp3) is 0.929. The first-order valence-electron chi connectivity index (χ1n) is 6.55. The van der Waals surface area contributed by atoms with E-state index in [4.69, 9.17) is 4.74 Å². The monoisotopic (exact) mass is 242 g/mol. The lowest BCUT2D eigenvalue weighted by molar-refractivity contribution is -0.185. The third-order valence-corrected chi connectivity index (χ3v) is 4.75. The van der Waals surface area contributed by atoms with E-state index in [1.165, 1.54) is 0 Å². The second kappa shape index (κ2) is 3.96. The number of alkyl halides is 1. The topological polar surface area (TPSA) is 26.3 Å². The van der Waals surface area contributed by atoms with Gasteiger partial charge in [0.2, 0.25) is 0 Å². The molecule has 3 aliphatic carbocycles. The van der Waals surface area contributed by atoms with Crippen LogP contribution in [0.5, 0.6) is 0 Å². The maximum absolute atomic E-state index is 14.6. The summed E-state index contributed by atoms with van der Waals surface area (Å²) in [6.07, 6.45) is 2.38.